The number of carbonyl (C=O) groups is 1. The summed E-state index contributed by atoms with van der Waals surface area (Å²) >= 11 is 0. The van der Waals surface area contributed by atoms with Crippen LogP contribution in [0.2, 0.25) is 0 Å². The molecule has 3 aromatic rings. The van der Waals surface area contributed by atoms with Gasteiger partial charge in [0.2, 0.25) is 0 Å². The molecule has 6 nitrogen and oxygen atoms in total. The van der Waals surface area contributed by atoms with E-state index < -0.39 is 11.5 Å². The summed E-state index contributed by atoms with van der Waals surface area (Å²) in [7, 11) is 1.60. The summed E-state index contributed by atoms with van der Waals surface area (Å²) in [5.74, 6) is -2.11. The number of fused-ring (bicyclic) bond motifs is 3. The van der Waals surface area contributed by atoms with Gasteiger partial charge >= 0.3 is 6.09 Å². The van der Waals surface area contributed by atoms with Gasteiger partial charge in [-0.25, -0.2) is 4.79 Å². The number of alkyl halides is 2. The molecule has 0 unspecified atom stereocenters. The molecule has 1 heterocycles. The normalized spacial score (nSPS) is 22.1. The van der Waals surface area contributed by atoms with Crippen molar-refractivity contribution in [1.82, 2.24) is 9.78 Å². The summed E-state index contributed by atoms with van der Waals surface area (Å²) in [5.41, 5.74) is 2.67. The highest BCUT2D eigenvalue weighted by molar-refractivity contribution is 5.89. The van der Waals surface area contributed by atoms with Crippen molar-refractivity contribution in [2.45, 2.75) is 103 Å². The summed E-state index contributed by atoms with van der Waals surface area (Å²) in [6, 6.07) is 17.7. The van der Waals surface area contributed by atoms with E-state index in [1.165, 1.54) is 4.68 Å². The van der Waals surface area contributed by atoms with Gasteiger partial charge in [-0.05, 0) is 120 Å². The molecule has 3 saturated carbocycles. The number of carbonyl (C=O) groups excluding carboxylic acids is 1. The van der Waals surface area contributed by atoms with E-state index >= 15 is 0 Å². The second-order valence-electron chi connectivity index (χ2n) is 14.0. The number of hydrogen-bond donors (Lipinski definition) is 0. The molecule has 0 radical (unpaired) electrons. The highest BCUT2D eigenvalue weighted by Crippen LogP contribution is 2.58. The molecule has 2 bridgehead atoms. The number of anilines is 1. The van der Waals surface area contributed by atoms with Crippen molar-refractivity contribution in [1.29, 1.82) is 0 Å². The lowest BCUT2D eigenvalue weighted by molar-refractivity contribution is 0.00880. The maximum Gasteiger partial charge on any atom is 0.414 e. The summed E-state index contributed by atoms with van der Waals surface area (Å²) in [5, 5.41) is 4.57. The van der Waals surface area contributed by atoms with Crippen LogP contribution in [-0.4, -0.2) is 34.1 Å². The van der Waals surface area contributed by atoms with Crippen LogP contribution in [0.25, 0.3) is 11.1 Å². The lowest BCUT2D eigenvalue weighted by atomic mass is 9.52. The first-order valence-electron chi connectivity index (χ1n) is 15.4. The third-order valence-electron chi connectivity index (χ3n) is 9.10. The van der Waals surface area contributed by atoms with Crippen LogP contribution in [0.1, 0.15) is 91.5 Å². The van der Waals surface area contributed by atoms with Crippen molar-refractivity contribution in [3.8, 4) is 16.9 Å². The van der Waals surface area contributed by atoms with E-state index in [1.807, 2.05) is 77.1 Å². The fourth-order valence-electron chi connectivity index (χ4n) is 6.79. The van der Waals surface area contributed by atoms with Gasteiger partial charge in [-0.1, -0.05) is 24.3 Å². The van der Waals surface area contributed by atoms with Crippen molar-refractivity contribution in [3.05, 3.63) is 66.0 Å². The van der Waals surface area contributed by atoms with Gasteiger partial charge in [0.1, 0.15) is 17.0 Å². The minimum atomic E-state index is -2.93. The molecule has 2 aromatic carbocycles. The van der Waals surface area contributed by atoms with Gasteiger partial charge in [0.25, 0.3) is 5.92 Å². The zero-order valence-electron chi connectivity index (χ0n) is 26.5. The molecule has 3 aliphatic carbocycles. The van der Waals surface area contributed by atoms with Crippen LogP contribution >= 0.6 is 0 Å². The molecule has 0 N–H and O–H groups in total. The SMILES string of the molecule is CC(C)Oc1ccc(-c2cccc(N(CC34CCC(c5cc(C(C)(F)F)n(C)n5)(CC3)CC4)C(=O)OC(C)(C)C)c2)cc1. The average molecular weight is 594 g/mol. The Bertz CT molecular complexity index is 1430. The first kappa shape index (κ1) is 31.0. The number of aromatic nitrogens is 2. The molecule has 1 aromatic heterocycles. The van der Waals surface area contributed by atoms with Crippen molar-refractivity contribution >= 4 is 11.8 Å². The Kier molecular flexibility index (Phi) is 8.12. The van der Waals surface area contributed by atoms with E-state index in [2.05, 4.69) is 11.2 Å². The Morgan fingerprint density at radius 1 is 0.953 bits per heavy atom. The number of hydrogen-bond acceptors (Lipinski definition) is 4. The number of amides is 1. The third kappa shape index (κ3) is 6.73. The van der Waals surface area contributed by atoms with E-state index in [0.29, 0.717) is 6.54 Å². The Balaban J connectivity index is 1.39. The number of ether oxygens (including phenoxy) is 2. The Labute approximate surface area is 254 Å². The number of nitrogens with zero attached hydrogens (tertiary/aromatic N) is 3. The van der Waals surface area contributed by atoms with Crippen LogP contribution in [0.4, 0.5) is 19.3 Å². The summed E-state index contributed by atoms with van der Waals surface area (Å²) in [6.45, 7) is 11.1. The van der Waals surface area contributed by atoms with Crippen molar-refractivity contribution in [2.24, 2.45) is 12.5 Å². The number of rotatable bonds is 8. The molecule has 43 heavy (non-hydrogen) atoms. The smallest absolute Gasteiger partial charge is 0.414 e. The molecule has 0 aliphatic heterocycles. The maximum absolute atomic E-state index is 14.2. The average Bonchev–Trinajstić information content (AvgIpc) is 3.35. The molecule has 3 aliphatic rings. The van der Waals surface area contributed by atoms with Gasteiger partial charge in [-0.15, -0.1) is 0 Å². The topological polar surface area (TPSA) is 56.6 Å². The number of halogens is 2. The quantitative estimate of drug-likeness (QED) is 0.262. The molecule has 0 atom stereocenters. The van der Waals surface area contributed by atoms with Crippen molar-refractivity contribution in [2.75, 3.05) is 11.4 Å². The lowest BCUT2D eigenvalue weighted by Crippen LogP contribution is -2.51. The predicted molar refractivity (Wildman–Crippen MR) is 166 cm³/mol. The van der Waals surface area contributed by atoms with E-state index in [0.717, 1.165) is 73.7 Å². The number of benzene rings is 2. The van der Waals surface area contributed by atoms with E-state index in [9.17, 15) is 13.6 Å². The fourth-order valence-corrected chi connectivity index (χ4v) is 6.79. The third-order valence-corrected chi connectivity index (χ3v) is 9.10. The summed E-state index contributed by atoms with van der Waals surface area (Å²) in [4.78, 5) is 15.5. The van der Waals surface area contributed by atoms with Crippen LogP contribution < -0.4 is 9.64 Å². The molecule has 232 valence electrons. The second kappa shape index (κ2) is 11.3. The predicted octanol–water partition coefficient (Wildman–Crippen LogP) is 9.02. The van der Waals surface area contributed by atoms with E-state index in [-0.39, 0.29) is 28.7 Å². The van der Waals surface area contributed by atoms with E-state index in [1.54, 1.807) is 18.0 Å². The van der Waals surface area contributed by atoms with Gasteiger partial charge in [-0.3, -0.25) is 9.58 Å². The fraction of sp³-hybridized carbons (Fsp3) is 0.543. The van der Waals surface area contributed by atoms with Crippen LogP contribution in [0.15, 0.2) is 54.6 Å². The summed E-state index contributed by atoms with van der Waals surface area (Å²) < 4.78 is 41.4. The Hall–Kier alpha value is -3.42. The molecule has 1 amide bonds. The second-order valence-corrected chi connectivity index (χ2v) is 14.0. The Morgan fingerprint density at radius 2 is 1.58 bits per heavy atom. The Morgan fingerprint density at radius 3 is 2.12 bits per heavy atom. The van der Waals surface area contributed by atoms with Gasteiger partial charge in [-0.2, -0.15) is 13.9 Å². The highest BCUT2D eigenvalue weighted by Gasteiger charge is 2.52. The zero-order valence-corrected chi connectivity index (χ0v) is 26.5. The molecule has 0 saturated heterocycles. The van der Waals surface area contributed by atoms with Crippen LogP contribution in [0.3, 0.4) is 0 Å². The van der Waals surface area contributed by atoms with Crippen molar-refractivity contribution < 1.29 is 23.0 Å². The van der Waals surface area contributed by atoms with Gasteiger partial charge in [0.15, 0.2) is 0 Å². The van der Waals surface area contributed by atoms with Crippen LogP contribution in [-0.2, 0) is 23.1 Å². The first-order valence-corrected chi connectivity index (χ1v) is 15.4. The lowest BCUT2D eigenvalue weighted by Gasteiger charge is -2.54. The van der Waals surface area contributed by atoms with Gasteiger partial charge < -0.3 is 9.47 Å². The standard InChI is InChI=1S/C35H45F2N3O3/c1-24(2)42-28-13-11-25(12-14-28)26-9-8-10-27(21-26)40(31(41)43-32(3,4)5)23-34-15-18-35(19-16-34,20-17-34)29-22-30(33(6,36)37)39(7)38-29/h8-14,21-22,24H,15-20,23H2,1-7H3. The molecular formula is C35H45F2N3O3. The zero-order chi connectivity index (χ0) is 31.2. The maximum atomic E-state index is 14.2. The van der Waals surface area contributed by atoms with Gasteiger partial charge in [0, 0.05) is 31.6 Å². The molecule has 8 heteroatoms. The van der Waals surface area contributed by atoms with Crippen LogP contribution in [0.5, 0.6) is 5.75 Å². The molecule has 6 rings (SSSR count). The summed E-state index contributed by atoms with van der Waals surface area (Å²) in [6.07, 6.45) is 5.04. The molecular weight excluding hydrogens is 548 g/mol. The minimum Gasteiger partial charge on any atom is -0.491 e. The van der Waals surface area contributed by atoms with Gasteiger partial charge in [0.05, 0.1) is 11.8 Å². The molecule has 0 spiro atoms. The van der Waals surface area contributed by atoms with Crippen LogP contribution in [0, 0.1) is 5.41 Å². The van der Waals surface area contributed by atoms with E-state index in [4.69, 9.17) is 9.47 Å². The molecule has 3 fully saturated rings. The van der Waals surface area contributed by atoms with Crippen molar-refractivity contribution in [3.63, 3.8) is 0 Å². The largest absolute Gasteiger partial charge is 0.491 e. The minimum absolute atomic E-state index is 0.0441. The number of aryl methyl sites for hydroxylation is 1. The highest BCUT2D eigenvalue weighted by atomic mass is 19.3. The monoisotopic (exact) mass is 593 g/mol. The first-order chi connectivity index (χ1) is 20.1.